The van der Waals surface area contributed by atoms with Crippen molar-refractivity contribution in [2.75, 3.05) is 0 Å². The monoisotopic (exact) mass is 339 g/mol. The Bertz CT molecular complexity index is 1210. The van der Waals surface area contributed by atoms with E-state index in [2.05, 4.69) is 17.1 Å². The maximum absolute atomic E-state index is 10.8. The van der Waals surface area contributed by atoms with Gasteiger partial charge in [-0.05, 0) is 47.5 Å². The quantitative estimate of drug-likeness (QED) is 0.238. The van der Waals surface area contributed by atoms with E-state index >= 15 is 0 Å². The summed E-state index contributed by atoms with van der Waals surface area (Å²) in [7, 11) is 0. The highest BCUT2D eigenvalue weighted by atomic mass is 16.6. The van der Waals surface area contributed by atoms with Crippen LogP contribution in [0.15, 0.2) is 66.7 Å². The van der Waals surface area contributed by atoms with E-state index in [-0.39, 0.29) is 5.69 Å². The van der Waals surface area contributed by atoms with Gasteiger partial charge in [-0.3, -0.25) is 10.1 Å². The zero-order valence-corrected chi connectivity index (χ0v) is 13.6. The predicted molar refractivity (Wildman–Crippen MR) is 102 cm³/mol. The number of nitrogens with zero attached hydrogens (tertiary/aromatic N) is 2. The molecule has 0 amide bonds. The molecule has 0 aliphatic rings. The van der Waals surface area contributed by atoms with Crippen LogP contribution >= 0.6 is 0 Å². The van der Waals surface area contributed by atoms with Crippen LogP contribution in [0.2, 0.25) is 0 Å². The molecule has 4 aromatic rings. The number of H-pyrrole nitrogens is 1. The fourth-order valence-corrected chi connectivity index (χ4v) is 3.07. The summed E-state index contributed by atoms with van der Waals surface area (Å²) in [6, 6.07) is 22.2. The van der Waals surface area contributed by atoms with Gasteiger partial charge in [0.25, 0.3) is 5.69 Å². The molecule has 0 bridgehead atoms. The van der Waals surface area contributed by atoms with Crippen LogP contribution in [0.5, 0.6) is 0 Å². The molecule has 0 radical (unpaired) electrons. The van der Waals surface area contributed by atoms with Gasteiger partial charge in [0.05, 0.1) is 16.6 Å². The van der Waals surface area contributed by atoms with Crippen molar-refractivity contribution < 1.29 is 4.92 Å². The number of nitro benzene ring substituents is 1. The lowest BCUT2D eigenvalue weighted by Gasteiger charge is -2.01. The minimum Gasteiger partial charge on any atom is -0.355 e. The van der Waals surface area contributed by atoms with Crippen molar-refractivity contribution >= 4 is 39.1 Å². The van der Waals surface area contributed by atoms with Gasteiger partial charge in [-0.1, -0.05) is 24.3 Å². The molecule has 26 heavy (non-hydrogen) atoms. The molecule has 0 spiro atoms. The highest BCUT2D eigenvalue weighted by molar-refractivity contribution is 6.08. The molecule has 0 unspecified atom stereocenters. The van der Waals surface area contributed by atoms with Gasteiger partial charge in [0.15, 0.2) is 0 Å². The van der Waals surface area contributed by atoms with E-state index in [4.69, 9.17) is 0 Å². The number of nitrogens with one attached hydrogen (secondary N) is 1. The van der Waals surface area contributed by atoms with Crippen LogP contribution in [0.25, 0.3) is 33.5 Å². The van der Waals surface area contributed by atoms with Crippen LogP contribution in [0.1, 0.15) is 11.1 Å². The molecule has 1 heterocycles. The number of nitriles is 1. The third-order valence-electron chi connectivity index (χ3n) is 4.35. The smallest absolute Gasteiger partial charge is 0.269 e. The number of hydrogen-bond donors (Lipinski definition) is 1. The molecule has 5 nitrogen and oxygen atoms in total. The fourth-order valence-electron chi connectivity index (χ4n) is 3.07. The van der Waals surface area contributed by atoms with Crippen molar-refractivity contribution in [1.82, 2.24) is 4.98 Å². The molecule has 0 saturated heterocycles. The van der Waals surface area contributed by atoms with E-state index in [0.29, 0.717) is 11.1 Å². The Hall–Kier alpha value is -3.91. The zero-order valence-electron chi connectivity index (χ0n) is 13.6. The molecule has 0 fully saturated rings. The highest BCUT2D eigenvalue weighted by Crippen LogP contribution is 2.28. The Morgan fingerprint density at radius 2 is 1.73 bits per heavy atom. The second-order valence-corrected chi connectivity index (χ2v) is 5.95. The van der Waals surface area contributed by atoms with Crippen LogP contribution in [-0.4, -0.2) is 9.91 Å². The molecule has 0 saturated carbocycles. The summed E-state index contributed by atoms with van der Waals surface area (Å²) in [5, 5.41) is 22.5. The highest BCUT2D eigenvalue weighted by Gasteiger charge is 2.08. The van der Waals surface area contributed by atoms with Crippen molar-refractivity contribution in [2.24, 2.45) is 0 Å². The molecule has 1 aromatic heterocycles. The first-order chi connectivity index (χ1) is 12.7. The van der Waals surface area contributed by atoms with Crippen molar-refractivity contribution in [1.29, 1.82) is 5.26 Å². The lowest BCUT2D eigenvalue weighted by Crippen LogP contribution is -1.88. The van der Waals surface area contributed by atoms with Crippen LogP contribution < -0.4 is 0 Å². The van der Waals surface area contributed by atoms with Crippen LogP contribution in [0, 0.1) is 21.4 Å². The van der Waals surface area contributed by atoms with Gasteiger partial charge in [-0.25, -0.2) is 0 Å². The maximum Gasteiger partial charge on any atom is 0.269 e. The standard InChI is InChI=1S/C21H13N3O2/c22-13-16(15-6-8-17(9-7-15)24(25)26)11-14-5-10-21-19(12-14)18-3-1-2-4-20(18)23-21/h1-12,23H. The molecule has 0 atom stereocenters. The topological polar surface area (TPSA) is 82.7 Å². The van der Waals surface area contributed by atoms with Gasteiger partial charge in [0.2, 0.25) is 0 Å². The summed E-state index contributed by atoms with van der Waals surface area (Å²) in [4.78, 5) is 13.7. The Morgan fingerprint density at radius 3 is 2.46 bits per heavy atom. The van der Waals surface area contributed by atoms with Crippen molar-refractivity contribution in [3.8, 4) is 6.07 Å². The van der Waals surface area contributed by atoms with Crippen LogP contribution in [0.4, 0.5) is 5.69 Å². The SMILES string of the molecule is N#CC(=Cc1ccc2[nH]c3ccccc3c2c1)c1ccc([N+](=O)[O-])cc1. The third-order valence-corrected chi connectivity index (χ3v) is 4.35. The number of allylic oxidation sites excluding steroid dienone is 1. The minimum atomic E-state index is -0.454. The number of nitro groups is 1. The molecule has 3 aromatic carbocycles. The summed E-state index contributed by atoms with van der Waals surface area (Å²) >= 11 is 0. The van der Waals surface area contributed by atoms with Gasteiger partial charge in [0.1, 0.15) is 0 Å². The van der Waals surface area contributed by atoms with Crippen molar-refractivity contribution in [3.63, 3.8) is 0 Å². The molecule has 5 heteroatoms. The van der Waals surface area contributed by atoms with E-state index in [1.807, 2.05) is 36.4 Å². The number of aromatic nitrogens is 1. The average Bonchev–Trinajstić information content (AvgIpc) is 3.04. The molecule has 0 aliphatic carbocycles. The van der Waals surface area contributed by atoms with Gasteiger partial charge in [-0.15, -0.1) is 0 Å². The number of non-ortho nitro benzene ring substituents is 1. The fraction of sp³-hybridized carbons (Fsp3) is 0. The number of aromatic amines is 1. The summed E-state index contributed by atoms with van der Waals surface area (Å²) in [5.74, 6) is 0. The van der Waals surface area contributed by atoms with Crippen molar-refractivity contribution in [2.45, 2.75) is 0 Å². The van der Waals surface area contributed by atoms with E-state index in [0.717, 1.165) is 27.4 Å². The van der Waals surface area contributed by atoms with Gasteiger partial charge >= 0.3 is 0 Å². The Balaban J connectivity index is 1.79. The molecule has 4 rings (SSSR count). The number of para-hydroxylation sites is 1. The number of rotatable bonds is 3. The van der Waals surface area contributed by atoms with Crippen molar-refractivity contribution in [3.05, 3.63) is 88.0 Å². The Morgan fingerprint density at radius 1 is 1.00 bits per heavy atom. The largest absolute Gasteiger partial charge is 0.355 e. The third kappa shape index (κ3) is 2.70. The molecule has 1 N–H and O–H groups in total. The molecular weight excluding hydrogens is 326 g/mol. The number of hydrogen-bond acceptors (Lipinski definition) is 3. The van der Waals surface area contributed by atoms with Crippen LogP contribution in [0.3, 0.4) is 0 Å². The van der Waals surface area contributed by atoms with Gasteiger partial charge in [-0.2, -0.15) is 5.26 Å². The van der Waals surface area contributed by atoms with E-state index in [9.17, 15) is 15.4 Å². The molecule has 0 aliphatic heterocycles. The van der Waals surface area contributed by atoms with E-state index < -0.39 is 4.92 Å². The summed E-state index contributed by atoms with van der Waals surface area (Å²) in [6.07, 6.45) is 1.79. The zero-order chi connectivity index (χ0) is 18.1. The van der Waals surface area contributed by atoms with Gasteiger partial charge < -0.3 is 4.98 Å². The Kier molecular flexibility index (Phi) is 3.71. The predicted octanol–water partition coefficient (Wildman–Crippen LogP) is 5.29. The van der Waals surface area contributed by atoms with E-state index in [1.54, 1.807) is 18.2 Å². The Labute approximate surface area is 149 Å². The first-order valence-electron chi connectivity index (χ1n) is 8.03. The first kappa shape index (κ1) is 15.6. The maximum atomic E-state index is 10.8. The first-order valence-corrected chi connectivity index (χ1v) is 8.03. The minimum absolute atomic E-state index is 0.00579. The number of benzene rings is 3. The number of fused-ring (bicyclic) bond motifs is 3. The van der Waals surface area contributed by atoms with Crippen LogP contribution in [-0.2, 0) is 0 Å². The lowest BCUT2D eigenvalue weighted by molar-refractivity contribution is -0.384. The summed E-state index contributed by atoms with van der Waals surface area (Å²) < 4.78 is 0. The van der Waals surface area contributed by atoms with E-state index in [1.165, 1.54) is 12.1 Å². The summed E-state index contributed by atoms with van der Waals surface area (Å²) in [6.45, 7) is 0. The lowest BCUT2D eigenvalue weighted by atomic mass is 10.0. The molecule has 124 valence electrons. The second-order valence-electron chi connectivity index (χ2n) is 5.95. The van der Waals surface area contributed by atoms with Gasteiger partial charge in [0, 0.05) is 33.9 Å². The normalized spacial score (nSPS) is 11.6. The summed E-state index contributed by atoms with van der Waals surface area (Å²) in [5.41, 5.74) is 4.12. The second kappa shape index (κ2) is 6.19. The molecular formula is C21H13N3O2. The average molecular weight is 339 g/mol.